The van der Waals surface area contributed by atoms with Gasteiger partial charge in [-0.15, -0.1) is 0 Å². The highest BCUT2D eigenvalue weighted by molar-refractivity contribution is 6.35. The molecule has 0 aromatic heterocycles. The summed E-state index contributed by atoms with van der Waals surface area (Å²) in [5.74, 6) is 0.192. The molecular formula is C21H24Cl2N2O. The van der Waals surface area contributed by atoms with Crippen LogP contribution in [0.25, 0.3) is 0 Å². The number of hydrogen-bond acceptors (Lipinski definition) is 2. The summed E-state index contributed by atoms with van der Waals surface area (Å²) >= 11 is 12.2. The Bertz CT molecular complexity index is 778. The molecule has 26 heavy (non-hydrogen) atoms. The first-order valence-corrected chi connectivity index (χ1v) is 9.73. The Kier molecular flexibility index (Phi) is 6.23. The van der Waals surface area contributed by atoms with Crippen molar-refractivity contribution in [1.82, 2.24) is 4.90 Å². The number of carbonyl (C=O) groups is 1. The van der Waals surface area contributed by atoms with Crippen molar-refractivity contribution in [3.05, 3.63) is 63.1 Å². The van der Waals surface area contributed by atoms with Crippen LogP contribution in [0.2, 0.25) is 10.0 Å². The summed E-state index contributed by atoms with van der Waals surface area (Å²) < 4.78 is 0. The number of hydrogen-bond donors (Lipinski definition) is 1. The molecule has 1 fully saturated rings. The van der Waals surface area contributed by atoms with Gasteiger partial charge in [0, 0.05) is 28.2 Å². The van der Waals surface area contributed by atoms with E-state index in [1.807, 2.05) is 44.2 Å². The molecule has 0 saturated carbocycles. The van der Waals surface area contributed by atoms with Crippen LogP contribution in [0.3, 0.4) is 0 Å². The summed E-state index contributed by atoms with van der Waals surface area (Å²) in [7, 11) is 0. The van der Waals surface area contributed by atoms with Gasteiger partial charge in [0.1, 0.15) is 0 Å². The second-order valence-corrected chi connectivity index (χ2v) is 7.89. The molecule has 1 saturated heterocycles. The number of benzene rings is 2. The van der Waals surface area contributed by atoms with E-state index in [1.54, 1.807) is 6.07 Å². The van der Waals surface area contributed by atoms with Crippen molar-refractivity contribution in [3.63, 3.8) is 0 Å². The molecule has 0 bridgehead atoms. The maximum atomic E-state index is 12.7. The fourth-order valence-corrected chi connectivity index (χ4v) is 3.95. The van der Waals surface area contributed by atoms with E-state index in [-0.39, 0.29) is 11.8 Å². The topological polar surface area (TPSA) is 32.3 Å². The molecule has 3 rings (SSSR count). The van der Waals surface area contributed by atoms with Crippen LogP contribution in [0, 0.1) is 19.8 Å². The van der Waals surface area contributed by atoms with Crippen molar-refractivity contribution < 1.29 is 4.79 Å². The van der Waals surface area contributed by atoms with Gasteiger partial charge in [0.15, 0.2) is 0 Å². The number of rotatable bonds is 4. The monoisotopic (exact) mass is 390 g/mol. The van der Waals surface area contributed by atoms with Crippen molar-refractivity contribution in [2.45, 2.75) is 33.2 Å². The molecule has 1 N–H and O–H groups in total. The molecule has 0 radical (unpaired) electrons. The second-order valence-electron chi connectivity index (χ2n) is 7.04. The van der Waals surface area contributed by atoms with Gasteiger partial charge in [0.05, 0.1) is 0 Å². The third kappa shape index (κ3) is 4.59. The second kappa shape index (κ2) is 8.43. The van der Waals surface area contributed by atoms with Crippen LogP contribution >= 0.6 is 23.2 Å². The standard InChI is InChI=1S/C21H24Cl2N2O/c1-14-4-3-5-15(2)20(14)24-21(26)16-8-10-25(11-9-16)13-17-6-7-18(22)12-19(17)23/h3-7,12,16H,8-11,13H2,1-2H3,(H,24,26). The van der Waals surface area contributed by atoms with Crippen molar-refractivity contribution in [1.29, 1.82) is 0 Å². The molecule has 1 aliphatic rings. The molecule has 3 nitrogen and oxygen atoms in total. The number of para-hydroxylation sites is 1. The predicted molar refractivity (Wildman–Crippen MR) is 109 cm³/mol. The van der Waals surface area contributed by atoms with Gasteiger partial charge in [-0.25, -0.2) is 0 Å². The van der Waals surface area contributed by atoms with E-state index >= 15 is 0 Å². The lowest BCUT2D eigenvalue weighted by Crippen LogP contribution is -2.38. The lowest BCUT2D eigenvalue weighted by Gasteiger charge is -2.31. The molecule has 0 unspecified atom stereocenters. The summed E-state index contributed by atoms with van der Waals surface area (Å²) in [5, 5.41) is 4.49. The predicted octanol–water partition coefficient (Wildman–Crippen LogP) is 5.46. The SMILES string of the molecule is Cc1cccc(C)c1NC(=O)C1CCN(Cc2ccc(Cl)cc2Cl)CC1. The Hall–Kier alpha value is -1.55. The molecule has 1 amide bonds. The van der Waals surface area contributed by atoms with Gasteiger partial charge in [-0.3, -0.25) is 9.69 Å². The van der Waals surface area contributed by atoms with Gasteiger partial charge in [-0.05, 0) is 68.6 Å². The number of nitrogens with one attached hydrogen (secondary N) is 1. The minimum atomic E-state index is 0.0611. The summed E-state index contributed by atoms with van der Waals surface area (Å²) in [6.45, 7) is 6.64. The Morgan fingerprint density at radius 3 is 2.38 bits per heavy atom. The Labute approximate surface area is 165 Å². The summed E-state index contributed by atoms with van der Waals surface area (Å²) in [6.07, 6.45) is 1.73. The van der Waals surface area contributed by atoms with Crippen molar-refractivity contribution >= 4 is 34.8 Å². The quantitative estimate of drug-likeness (QED) is 0.751. The Morgan fingerprint density at radius 2 is 1.77 bits per heavy atom. The van der Waals surface area contributed by atoms with Crippen LogP contribution in [0.15, 0.2) is 36.4 Å². The fourth-order valence-electron chi connectivity index (χ4n) is 3.48. The number of carbonyl (C=O) groups excluding carboxylic acids is 1. The highest BCUT2D eigenvalue weighted by Crippen LogP contribution is 2.26. The van der Waals surface area contributed by atoms with Gasteiger partial charge < -0.3 is 5.32 Å². The third-order valence-corrected chi connectivity index (χ3v) is 5.68. The normalized spacial score (nSPS) is 15.8. The van der Waals surface area contributed by atoms with E-state index in [0.29, 0.717) is 10.0 Å². The van der Waals surface area contributed by atoms with Crippen molar-refractivity contribution in [3.8, 4) is 0 Å². The van der Waals surface area contributed by atoms with Crippen LogP contribution < -0.4 is 5.32 Å². The van der Waals surface area contributed by atoms with Gasteiger partial charge in [-0.1, -0.05) is 47.5 Å². The minimum Gasteiger partial charge on any atom is -0.325 e. The third-order valence-electron chi connectivity index (χ3n) is 5.10. The van der Waals surface area contributed by atoms with Gasteiger partial charge in [0.2, 0.25) is 5.91 Å². The molecule has 0 aliphatic carbocycles. The highest BCUT2D eigenvalue weighted by atomic mass is 35.5. The van der Waals surface area contributed by atoms with Crippen LogP contribution in [0.5, 0.6) is 0 Å². The Morgan fingerprint density at radius 1 is 1.12 bits per heavy atom. The maximum absolute atomic E-state index is 12.7. The maximum Gasteiger partial charge on any atom is 0.227 e. The van der Waals surface area contributed by atoms with E-state index in [1.165, 1.54) is 0 Å². The molecule has 2 aromatic carbocycles. The number of piperidine rings is 1. The number of amides is 1. The van der Waals surface area contributed by atoms with Crippen LogP contribution in [-0.2, 0) is 11.3 Å². The summed E-state index contributed by atoms with van der Waals surface area (Å²) in [5.41, 5.74) is 4.24. The van der Waals surface area contributed by atoms with Gasteiger partial charge >= 0.3 is 0 Å². The summed E-state index contributed by atoms with van der Waals surface area (Å²) in [4.78, 5) is 15.0. The number of halogens is 2. The van der Waals surface area contributed by atoms with Crippen molar-refractivity contribution in [2.24, 2.45) is 5.92 Å². The lowest BCUT2D eigenvalue weighted by molar-refractivity contribution is -0.121. The first-order chi connectivity index (χ1) is 12.4. The van der Waals surface area contributed by atoms with Crippen LogP contribution in [0.1, 0.15) is 29.5 Å². The fraction of sp³-hybridized carbons (Fsp3) is 0.381. The van der Waals surface area contributed by atoms with Gasteiger partial charge in [0.25, 0.3) is 0 Å². The van der Waals surface area contributed by atoms with Crippen LogP contribution in [0.4, 0.5) is 5.69 Å². The zero-order chi connectivity index (χ0) is 18.7. The zero-order valence-electron chi connectivity index (χ0n) is 15.2. The molecule has 1 heterocycles. The summed E-state index contributed by atoms with van der Waals surface area (Å²) in [6, 6.07) is 11.7. The largest absolute Gasteiger partial charge is 0.325 e. The van der Waals surface area contributed by atoms with Crippen LogP contribution in [-0.4, -0.2) is 23.9 Å². The van der Waals surface area contributed by atoms with E-state index < -0.39 is 0 Å². The Balaban J connectivity index is 1.55. The average molecular weight is 391 g/mol. The van der Waals surface area contributed by atoms with E-state index in [4.69, 9.17) is 23.2 Å². The zero-order valence-corrected chi connectivity index (χ0v) is 16.7. The minimum absolute atomic E-state index is 0.0611. The van der Waals surface area contributed by atoms with Crippen molar-refractivity contribution in [2.75, 3.05) is 18.4 Å². The number of likely N-dealkylation sites (tertiary alicyclic amines) is 1. The molecule has 138 valence electrons. The number of nitrogens with zero attached hydrogens (tertiary/aromatic N) is 1. The molecule has 1 aliphatic heterocycles. The first-order valence-electron chi connectivity index (χ1n) is 8.97. The first kappa shape index (κ1) is 19.2. The molecule has 5 heteroatoms. The molecular weight excluding hydrogens is 367 g/mol. The average Bonchev–Trinajstić information content (AvgIpc) is 2.61. The smallest absolute Gasteiger partial charge is 0.227 e. The molecule has 0 atom stereocenters. The van der Waals surface area contributed by atoms with E-state index in [2.05, 4.69) is 10.2 Å². The van der Waals surface area contributed by atoms with E-state index in [9.17, 15) is 4.79 Å². The number of aryl methyl sites for hydroxylation is 2. The molecule has 2 aromatic rings. The number of anilines is 1. The lowest BCUT2D eigenvalue weighted by atomic mass is 9.95. The highest BCUT2D eigenvalue weighted by Gasteiger charge is 2.25. The van der Waals surface area contributed by atoms with Gasteiger partial charge in [-0.2, -0.15) is 0 Å². The molecule has 0 spiro atoms. The van der Waals surface area contributed by atoms with E-state index in [0.717, 1.165) is 54.9 Å².